The van der Waals surface area contributed by atoms with Crippen molar-refractivity contribution < 1.29 is 51.3 Å². The highest BCUT2D eigenvalue weighted by atomic mass is 35.5. The molecule has 0 aliphatic carbocycles. The highest BCUT2D eigenvalue weighted by Crippen LogP contribution is 2.24. The quantitative estimate of drug-likeness (QED) is 0.509. The standard InChI is InChI=1S/C16H18ClN3O.2C2HF3O2/c17-14-1-2-16(21)13(11-14)12-19-7-9-20(10-8-19)15-3-5-18-6-4-15;2*3-2(4,5)1(6)7/h1-6,11,21H,7-10,12H2;2*(H,6,7). The average molecular weight is 532 g/mol. The number of pyridine rings is 1. The molecule has 3 rings (SSSR count). The van der Waals surface area contributed by atoms with Crippen LogP contribution in [-0.4, -0.2) is 75.7 Å². The van der Waals surface area contributed by atoms with Gasteiger partial charge in [-0.25, -0.2) is 9.59 Å². The van der Waals surface area contributed by atoms with E-state index < -0.39 is 24.3 Å². The van der Waals surface area contributed by atoms with Gasteiger partial charge in [-0.1, -0.05) is 11.6 Å². The van der Waals surface area contributed by atoms with E-state index in [1.165, 1.54) is 5.69 Å². The maximum Gasteiger partial charge on any atom is 0.490 e. The summed E-state index contributed by atoms with van der Waals surface area (Å²) in [6, 6.07) is 9.29. The van der Waals surface area contributed by atoms with Crippen molar-refractivity contribution in [3.8, 4) is 5.75 Å². The zero-order valence-electron chi connectivity index (χ0n) is 17.7. The van der Waals surface area contributed by atoms with Gasteiger partial charge in [0.2, 0.25) is 0 Å². The lowest BCUT2D eigenvalue weighted by Gasteiger charge is -2.36. The minimum Gasteiger partial charge on any atom is -0.508 e. The van der Waals surface area contributed by atoms with Gasteiger partial charge in [0, 0.05) is 61.4 Å². The molecule has 0 spiro atoms. The third-order valence-electron chi connectivity index (χ3n) is 4.32. The van der Waals surface area contributed by atoms with Gasteiger partial charge in [0.05, 0.1) is 0 Å². The number of carboxylic acid groups (broad SMARTS) is 2. The number of nitrogens with zero attached hydrogens (tertiary/aromatic N) is 3. The number of aliphatic carboxylic acids is 2. The van der Waals surface area contributed by atoms with Crippen molar-refractivity contribution >= 4 is 29.2 Å². The normalized spacial score (nSPS) is 14.2. The largest absolute Gasteiger partial charge is 0.508 e. The molecular weight excluding hydrogens is 512 g/mol. The number of aromatic hydroxyl groups is 1. The van der Waals surface area contributed by atoms with Crippen molar-refractivity contribution in [3.63, 3.8) is 0 Å². The molecule has 3 N–H and O–H groups in total. The molecule has 194 valence electrons. The fourth-order valence-corrected chi connectivity index (χ4v) is 2.84. The number of aromatic nitrogens is 1. The van der Waals surface area contributed by atoms with E-state index in [4.69, 9.17) is 31.4 Å². The lowest BCUT2D eigenvalue weighted by atomic mass is 10.1. The fraction of sp³-hybridized carbons (Fsp3) is 0.350. The SMILES string of the molecule is O=C(O)C(F)(F)F.O=C(O)C(F)(F)F.Oc1ccc(Cl)cc1CN1CCN(c2ccncc2)CC1. The summed E-state index contributed by atoms with van der Waals surface area (Å²) in [5.74, 6) is -5.20. The molecule has 15 heteroatoms. The van der Waals surface area contributed by atoms with Gasteiger partial charge in [-0.3, -0.25) is 9.88 Å². The summed E-state index contributed by atoms with van der Waals surface area (Å²) in [7, 11) is 0. The van der Waals surface area contributed by atoms with Gasteiger partial charge in [-0.2, -0.15) is 26.3 Å². The predicted octanol–water partition coefficient (Wildman–Crippen LogP) is 4.03. The molecule has 1 aromatic heterocycles. The Labute approximate surface area is 200 Å². The Morgan fingerprint density at radius 2 is 1.34 bits per heavy atom. The topological polar surface area (TPSA) is 114 Å². The lowest BCUT2D eigenvalue weighted by Crippen LogP contribution is -2.45. The molecule has 2 heterocycles. The zero-order valence-corrected chi connectivity index (χ0v) is 18.5. The van der Waals surface area contributed by atoms with E-state index in [9.17, 15) is 31.4 Å². The Bertz CT molecular complexity index is 944. The molecule has 1 aliphatic rings. The molecule has 1 fully saturated rings. The Balaban J connectivity index is 0.000000362. The molecule has 8 nitrogen and oxygen atoms in total. The number of halogens is 7. The number of carboxylic acids is 2. The van der Waals surface area contributed by atoms with E-state index in [0.29, 0.717) is 10.8 Å². The number of rotatable bonds is 3. The van der Waals surface area contributed by atoms with Crippen molar-refractivity contribution in [2.75, 3.05) is 31.1 Å². The fourth-order valence-electron chi connectivity index (χ4n) is 2.64. The van der Waals surface area contributed by atoms with E-state index in [1.54, 1.807) is 12.1 Å². The summed E-state index contributed by atoms with van der Waals surface area (Å²) in [6.45, 7) is 4.62. The number of alkyl halides is 6. The van der Waals surface area contributed by atoms with Gasteiger partial charge in [-0.15, -0.1) is 0 Å². The first-order valence-electron chi connectivity index (χ1n) is 9.56. The monoisotopic (exact) mass is 531 g/mol. The van der Waals surface area contributed by atoms with E-state index in [1.807, 2.05) is 30.6 Å². The smallest absolute Gasteiger partial charge is 0.490 e. The van der Waals surface area contributed by atoms with Crippen LogP contribution in [0, 0.1) is 0 Å². The minimum absolute atomic E-state index is 0.316. The van der Waals surface area contributed by atoms with Crippen molar-refractivity contribution in [2.24, 2.45) is 0 Å². The second-order valence-corrected chi connectivity index (χ2v) is 7.28. The van der Waals surface area contributed by atoms with Crippen LogP contribution in [0.25, 0.3) is 0 Å². The van der Waals surface area contributed by atoms with Crippen molar-refractivity contribution in [1.82, 2.24) is 9.88 Å². The second-order valence-electron chi connectivity index (χ2n) is 6.85. The van der Waals surface area contributed by atoms with Crippen LogP contribution in [0.3, 0.4) is 0 Å². The molecule has 0 radical (unpaired) electrons. The molecule has 0 atom stereocenters. The first kappa shape index (κ1) is 29.8. The Hall–Kier alpha value is -3.26. The van der Waals surface area contributed by atoms with Crippen molar-refractivity contribution in [1.29, 1.82) is 0 Å². The number of hydrogen-bond acceptors (Lipinski definition) is 6. The number of carbonyl (C=O) groups is 2. The Kier molecular flexibility index (Phi) is 11.1. The van der Waals surface area contributed by atoms with E-state index in [2.05, 4.69) is 14.8 Å². The van der Waals surface area contributed by atoms with Crippen LogP contribution in [0.2, 0.25) is 5.02 Å². The lowest BCUT2D eigenvalue weighted by molar-refractivity contribution is -0.193. The first-order valence-corrected chi connectivity index (χ1v) is 9.94. The number of hydrogen-bond donors (Lipinski definition) is 3. The average Bonchev–Trinajstić information content (AvgIpc) is 2.77. The van der Waals surface area contributed by atoms with Crippen LogP contribution in [0.5, 0.6) is 5.75 Å². The van der Waals surface area contributed by atoms with Crippen molar-refractivity contribution in [3.05, 3.63) is 53.3 Å². The third-order valence-corrected chi connectivity index (χ3v) is 4.56. The zero-order chi connectivity index (χ0) is 26.8. The first-order chi connectivity index (χ1) is 16.1. The van der Waals surface area contributed by atoms with Gasteiger partial charge in [0.15, 0.2) is 0 Å². The summed E-state index contributed by atoms with van der Waals surface area (Å²) < 4.78 is 63.5. The van der Waals surface area contributed by atoms with E-state index in [0.717, 1.165) is 38.3 Å². The highest BCUT2D eigenvalue weighted by molar-refractivity contribution is 6.30. The van der Waals surface area contributed by atoms with E-state index >= 15 is 0 Å². The number of benzene rings is 1. The molecule has 0 amide bonds. The summed E-state index contributed by atoms with van der Waals surface area (Å²) in [6.07, 6.45) is -6.52. The van der Waals surface area contributed by atoms with Gasteiger partial charge in [0.25, 0.3) is 0 Å². The number of piperazine rings is 1. The van der Waals surface area contributed by atoms with Gasteiger partial charge in [0.1, 0.15) is 5.75 Å². The highest BCUT2D eigenvalue weighted by Gasteiger charge is 2.38. The minimum atomic E-state index is -5.08. The van der Waals surface area contributed by atoms with Crippen molar-refractivity contribution in [2.45, 2.75) is 18.9 Å². The summed E-state index contributed by atoms with van der Waals surface area (Å²) in [4.78, 5) is 26.5. The molecule has 0 unspecified atom stereocenters. The summed E-state index contributed by atoms with van der Waals surface area (Å²) in [5.41, 5.74) is 2.11. The van der Waals surface area contributed by atoms with Crippen LogP contribution in [-0.2, 0) is 16.1 Å². The van der Waals surface area contributed by atoms with Crippen LogP contribution in [0.4, 0.5) is 32.0 Å². The second kappa shape index (κ2) is 13.0. The maximum atomic E-state index is 10.6. The molecular formula is C20H20ClF6N3O5. The van der Waals surface area contributed by atoms with Gasteiger partial charge < -0.3 is 20.2 Å². The van der Waals surface area contributed by atoms with Crippen LogP contribution < -0.4 is 4.90 Å². The molecule has 1 saturated heterocycles. The molecule has 0 saturated carbocycles. The summed E-state index contributed by atoms with van der Waals surface area (Å²) >= 11 is 5.99. The third kappa shape index (κ3) is 11.1. The molecule has 1 aliphatic heterocycles. The number of anilines is 1. The molecule has 2 aromatic rings. The Morgan fingerprint density at radius 3 is 1.77 bits per heavy atom. The predicted molar refractivity (Wildman–Crippen MR) is 112 cm³/mol. The number of phenolic OH excluding ortho intramolecular Hbond substituents is 1. The van der Waals surface area contributed by atoms with Crippen LogP contribution >= 0.6 is 11.6 Å². The van der Waals surface area contributed by atoms with Crippen LogP contribution in [0.1, 0.15) is 5.56 Å². The molecule has 0 bridgehead atoms. The molecule has 35 heavy (non-hydrogen) atoms. The maximum absolute atomic E-state index is 10.6. The van der Waals surface area contributed by atoms with Gasteiger partial charge in [-0.05, 0) is 30.3 Å². The molecule has 1 aromatic carbocycles. The number of phenols is 1. The van der Waals surface area contributed by atoms with Gasteiger partial charge >= 0.3 is 24.3 Å². The van der Waals surface area contributed by atoms with Crippen LogP contribution in [0.15, 0.2) is 42.7 Å². The Morgan fingerprint density at radius 1 is 0.886 bits per heavy atom. The van der Waals surface area contributed by atoms with E-state index in [-0.39, 0.29) is 0 Å². The summed E-state index contributed by atoms with van der Waals surface area (Å²) in [5, 5.41) is 24.8.